The molecule has 6 aromatic rings. The second kappa shape index (κ2) is 10.2. The average molecular weight is 559 g/mol. The topological polar surface area (TPSA) is 111 Å². The summed E-state index contributed by atoms with van der Waals surface area (Å²) in [5, 5.41) is 0.754. The molecule has 9 heteroatoms. The Morgan fingerprint density at radius 1 is 0.905 bits per heavy atom. The summed E-state index contributed by atoms with van der Waals surface area (Å²) in [6.45, 7) is 2.33. The van der Waals surface area contributed by atoms with Gasteiger partial charge in [-0.2, -0.15) is 0 Å². The fourth-order valence-electron chi connectivity index (χ4n) is 5.47. The number of aromatic nitrogens is 3. The van der Waals surface area contributed by atoms with E-state index in [0.29, 0.717) is 41.2 Å². The van der Waals surface area contributed by atoms with Crippen LogP contribution in [0.1, 0.15) is 18.1 Å². The van der Waals surface area contributed by atoms with Crippen molar-refractivity contribution in [2.75, 3.05) is 6.79 Å². The van der Waals surface area contributed by atoms with E-state index in [1.165, 1.54) is 6.92 Å². The Balaban J connectivity index is 1.51. The normalized spacial score (nSPS) is 12.2. The van der Waals surface area contributed by atoms with Crippen molar-refractivity contribution in [1.29, 1.82) is 0 Å². The lowest BCUT2D eigenvalue weighted by Gasteiger charge is -2.13. The van der Waals surface area contributed by atoms with Gasteiger partial charge in [0.2, 0.25) is 6.79 Å². The van der Waals surface area contributed by atoms with Crippen LogP contribution in [0.3, 0.4) is 0 Å². The predicted octanol–water partition coefficient (Wildman–Crippen LogP) is 4.90. The zero-order valence-corrected chi connectivity index (χ0v) is 22.7. The van der Waals surface area contributed by atoms with Crippen LogP contribution in [0.15, 0.2) is 95.9 Å². The summed E-state index contributed by atoms with van der Waals surface area (Å²) in [6, 6.07) is 27.1. The maximum Gasteiger partial charge on any atom is 0.330 e. The van der Waals surface area contributed by atoms with Crippen LogP contribution in [-0.4, -0.2) is 27.0 Å². The molecule has 3 heterocycles. The number of benzene rings is 4. The van der Waals surface area contributed by atoms with Gasteiger partial charge in [0.15, 0.2) is 11.5 Å². The van der Waals surface area contributed by atoms with Crippen molar-refractivity contribution in [3.8, 4) is 33.9 Å². The molecular formula is C33H26N4O5. The molecule has 4 aromatic carbocycles. The van der Waals surface area contributed by atoms with Gasteiger partial charge in [-0.25, -0.2) is 9.78 Å². The Kier molecular flexibility index (Phi) is 6.21. The van der Waals surface area contributed by atoms with Gasteiger partial charge in [-0.1, -0.05) is 66.7 Å². The largest absolute Gasteiger partial charge is 0.454 e. The molecule has 2 aromatic heterocycles. The molecule has 0 saturated carbocycles. The summed E-state index contributed by atoms with van der Waals surface area (Å²) in [5.41, 5.74) is 11.6. The van der Waals surface area contributed by atoms with E-state index in [9.17, 15) is 9.59 Å². The number of hydrogen-bond donors (Lipinski definition) is 1. The van der Waals surface area contributed by atoms with Crippen LogP contribution in [0.25, 0.3) is 44.3 Å². The molecule has 0 radical (unpaired) electrons. The van der Waals surface area contributed by atoms with E-state index in [1.807, 2.05) is 83.6 Å². The van der Waals surface area contributed by atoms with E-state index in [0.717, 1.165) is 37.9 Å². The van der Waals surface area contributed by atoms with Gasteiger partial charge >= 0.3 is 11.5 Å². The first-order chi connectivity index (χ1) is 20.5. The number of ether oxygens (including phenoxy) is 2. The van der Waals surface area contributed by atoms with Crippen molar-refractivity contribution in [2.24, 2.45) is 5.73 Å². The molecule has 2 N–H and O–H groups in total. The number of rotatable bonds is 6. The molecule has 0 bridgehead atoms. The summed E-state index contributed by atoms with van der Waals surface area (Å²) in [5.74, 6) is 0.586. The van der Waals surface area contributed by atoms with Gasteiger partial charge < -0.3 is 24.6 Å². The van der Waals surface area contributed by atoms with Crippen molar-refractivity contribution in [3.05, 3.63) is 113 Å². The Bertz CT molecular complexity index is 2060. The molecule has 42 heavy (non-hydrogen) atoms. The molecule has 9 nitrogen and oxygen atoms in total. The maximum atomic E-state index is 14.0. The number of para-hydroxylation sites is 1. The Morgan fingerprint density at radius 2 is 1.67 bits per heavy atom. The first-order valence-corrected chi connectivity index (χ1v) is 13.5. The van der Waals surface area contributed by atoms with Gasteiger partial charge in [0.1, 0.15) is 11.2 Å². The van der Waals surface area contributed by atoms with Crippen molar-refractivity contribution < 1.29 is 19.1 Å². The van der Waals surface area contributed by atoms with Crippen LogP contribution in [0.5, 0.6) is 11.5 Å². The maximum absolute atomic E-state index is 14.0. The molecule has 0 amide bonds. The average Bonchev–Trinajstić information content (AvgIpc) is 3.61. The number of nitrogens with zero attached hydrogens (tertiary/aromatic N) is 3. The molecular weight excluding hydrogens is 532 g/mol. The van der Waals surface area contributed by atoms with Crippen LogP contribution < -0.4 is 25.6 Å². The smallest absolute Gasteiger partial charge is 0.330 e. The van der Waals surface area contributed by atoms with Crippen LogP contribution in [0, 0.1) is 0 Å². The van der Waals surface area contributed by atoms with Crippen LogP contribution in [0.4, 0.5) is 0 Å². The molecule has 0 fully saturated rings. The number of nitrogens with two attached hydrogens (primary N) is 1. The Morgan fingerprint density at radius 3 is 2.45 bits per heavy atom. The summed E-state index contributed by atoms with van der Waals surface area (Å²) >= 11 is 0. The van der Waals surface area contributed by atoms with Crippen LogP contribution >= 0.6 is 0 Å². The van der Waals surface area contributed by atoms with E-state index in [2.05, 4.69) is 6.07 Å². The molecule has 7 rings (SSSR count). The van der Waals surface area contributed by atoms with Crippen molar-refractivity contribution in [1.82, 2.24) is 14.3 Å². The van der Waals surface area contributed by atoms with E-state index in [1.54, 1.807) is 6.07 Å². The third-order valence-electron chi connectivity index (χ3n) is 7.36. The number of hydrogen-bond acceptors (Lipinski definition) is 7. The Labute approximate surface area is 240 Å². The zero-order valence-electron chi connectivity index (χ0n) is 22.7. The van der Waals surface area contributed by atoms with Crippen molar-refractivity contribution in [3.63, 3.8) is 0 Å². The Hall–Kier alpha value is -5.41. The van der Waals surface area contributed by atoms with E-state index < -0.39 is 11.5 Å². The molecule has 0 saturated heterocycles. The molecule has 0 atom stereocenters. The summed E-state index contributed by atoms with van der Waals surface area (Å²) in [6.07, 6.45) is 1.90. The minimum atomic E-state index is -0.619. The van der Waals surface area contributed by atoms with Gasteiger partial charge in [0.25, 0.3) is 0 Å². The molecule has 208 valence electrons. The lowest BCUT2D eigenvalue weighted by atomic mass is 10.0. The summed E-state index contributed by atoms with van der Waals surface area (Å²) < 4.78 is 14.5. The van der Waals surface area contributed by atoms with Gasteiger partial charge in [-0.15, -0.1) is 4.73 Å². The van der Waals surface area contributed by atoms with Crippen LogP contribution in [-0.2, 0) is 17.9 Å². The SMILES string of the molecule is CC(=O)On1c(=O)c(-c2cn(Cc3cccc(CN)c3)c3cc4c(cc23)OCO4)nc2c(-c3ccccc3)cccc21. The first kappa shape index (κ1) is 25.6. The van der Waals surface area contributed by atoms with E-state index in [-0.39, 0.29) is 12.5 Å². The third-order valence-corrected chi connectivity index (χ3v) is 7.36. The molecule has 0 aliphatic carbocycles. The highest BCUT2D eigenvalue weighted by Crippen LogP contribution is 2.40. The second-order valence-electron chi connectivity index (χ2n) is 10.1. The first-order valence-electron chi connectivity index (χ1n) is 13.5. The molecule has 1 aliphatic heterocycles. The zero-order chi connectivity index (χ0) is 28.8. The van der Waals surface area contributed by atoms with E-state index in [4.69, 9.17) is 25.0 Å². The predicted molar refractivity (Wildman–Crippen MR) is 159 cm³/mol. The lowest BCUT2D eigenvalue weighted by molar-refractivity contribution is -0.141. The van der Waals surface area contributed by atoms with Crippen molar-refractivity contribution in [2.45, 2.75) is 20.0 Å². The summed E-state index contributed by atoms with van der Waals surface area (Å²) in [4.78, 5) is 36.6. The number of carbonyl (C=O) groups excluding carboxylic acids is 1. The number of fused-ring (bicyclic) bond motifs is 3. The van der Waals surface area contributed by atoms with E-state index >= 15 is 0 Å². The van der Waals surface area contributed by atoms with Crippen molar-refractivity contribution >= 4 is 27.9 Å². The summed E-state index contributed by atoms with van der Waals surface area (Å²) in [7, 11) is 0. The van der Waals surface area contributed by atoms with Gasteiger partial charge in [0.05, 0.1) is 11.0 Å². The standard InChI is InChI=1S/C33H26N4O5/c1-20(38)42-37-27-12-6-11-24(23-9-3-2-4-10-23)31(27)35-32(33(37)39)26-18-36(17-22-8-5-7-21(13-22)16-34)28-15-30-29(14-25(26)28)40-19-41-30/h2-15,18H,16-17,19,34H2,1H3. The molecule has 0 unspecified atom stereocenters. The molecule has 1 aliphatic rings. The van der Waals surface area contributed by atoms with Gasteiger partial charge in [-0.3, -0.25) is 4.79 Å². The fourth-order valence-corrected chi connectivity index (χ4v) is 5.47. The third kappa shape index (κ3) is 4.36. The fraction of sp³-hybridized carbons (Fsp3) is 0.121. The minimum absolute atomic E-state index is 0.115. The highest BCUT2D eigenvalue weighted by atomic mass is 16.7. The minimum Gasteiger partial charge on any atom is -0.454 e. The van der Waals surface area contributed by atoms with Crippen LogP contribution in [0.2, 0.25) is 0 Å². The number of carbonyl (C=O) groups is 1. The van der Waals surface area contributed by atoms with Gasteiger partial charge in [-0.05, 0) is 28.8 Å². The van der Waals surface area contributed by atoms with Gasteiger partial charge in [0, 0.05) is 48.8 Å². The lowest BCUT2D eigenvalue weighted by Crippen LogP contribution is -2.31. The monoisotopic (exact) mass is 558 g/mol. The second-order valence-corrected chi connectivity index (χ2v) is 10.1. The molecule has 0 spiro atoms. The highest BCUT2D eigenvalue weighted by Gasteiger charge is 2.24. The quantitative estimate of drug-likeness (QED) is 0.310. The highest BCUT2D eigenvalue weighted by molar-refractivity contribution is 5.99.